The summed E-state index contributed by atoms with van der Waals surface area (Å²) in [6, 6.07) is 5.40. The summed E-state index contributed by atoms with van der Waals surface area (Å²) in [7, 11) is 0. The second kappa shape index (κ2) is 10.2. The first-order valence-electron chi connectivity index (χ1n) is 7.89. The normalized spacial score (nSPS) is 16.8. The number of piperazine rings is 1. The number of benzene rings is 1. The largest absolute Gasteiger partial charge is 0.405 e. The minimum atomic E-state index is -4.36. The second-order valence-corrected chi connectivity index (χ2v) is 6.21. The molecule has 142 valence electrons. The lowest BCUT2D eigenvalue weighted by Crippen LogP contribution is -2.57. The molecule has 0 saturated carbocycles. The number of aryl methyl sites for hydroxylation is 1. The Kier molecular flexibility index (Phi) is 8.99. The van der Waals surface area contributed by atoms with Crippen LogP contribution in [0.25, 0.3) is 0 Å². The molecular weight excluding hydrogens is 378 g/mol. The van der Waals surface area contributed by atoms with Crippen molar-refractivity contribution in [2.75, 3.05) is 32.7 Å². The van der Waals surface area contributed by atoms with E-state index in [0.717, 1.165) is 5.56 Å². The van der Waals surface area contributed by atoms with Crippen molar-refractivity contribution in [2.24, 2.45) is 0 Å². The lowest BCUT2D eigenvalue weighted by atomic mass is 10.1. The number of nitrogens with zero attached hydrogens (tertiary/aromatic N) is 1. The summed E-state index contributed by atoms with van der Waals surface area (Å²) < 4.78 is 39.7. The molecule has 25 heavy (non-hydrogen) atoms. The quantitative estimate of drug-likeness (QED) is 0.772. The zero-order valence-corrected chi connectivity index (χ0v) is 15.2. The molecule has 1 fully saturated rings. The van der Waals surface area contributed by atoms with E-state index in [2.05, 4.69) is 10.6 Å². The van der Waals surface area contributed by atoms with Gasteiger partial charge < -0.3 is 10.6 Å². The van der Waals surface area contributed by atoms with E-state index in [9.17, 15) is 18.0 Å². The number of hydrogen-bond acceptors (Lipinski definition) is 3. The second-order valence-electron chi connectivity index (χ2n) is 5.77. The summed E-state index contributed by atoms with van der Waals surface area (Å²) >= 11 is 5.78. The highest BCUT2D eigenvalue weighted by atomic mass is 35.5. The van der Waals surface area contributed by atoms with Crippen molar-refractivity contribution in [1.29, 1.82) is 0 Å². The Bertz CT molecular complexity index is 534. The van der Waals surface area contributed by atoms with Gasteiger partial charge in [0.2, 0.25) is 5.91 Å². The molecule has 2 N–H and O–H groups in total. The van der Waals surface area contributed by atoms with Crippen LogP contribution >= 0.6 is 24.0 Å². The van der Waals surface area contributed by atoms with E-state index in [1.54, 1.807) is 24.3 Å². The maximum atomic E-state index is 13.2. The van der Waals surface area contributed by atoms with Crippen molar-refractivity contribution >= 4 is 29.9 Å². The Morgan fingerprint density at radius 2 is 1.84 bits per heavy atom. The molecule has 0 spiro atoms. The van der Waals surface area contributed by atoms with Crippen LogP contribution in [-0.2, 0) is 11.2 Å². The molecule has 1 heterocycles. The van der Waals surface area contributed by atoms with Gasteiger partial charge >= 0.3 is 6.18 Å². The molecule has 2 rings (SSSR count). The van der Waals surface area contributed by atoms with Crippen LogP contribution in [0.2, 0.25) is 5.02 Å². The van der Waals surface area contributed by atoms with Gasteiger partial charge in [0.15, 0.2) is 0 Å². The van der Waals surface area contributed by atoms with Crippen LogP contribution in [0, 0.1) is 0 Å². The average Bonchev–Trinajstić information content (AvgIpc) is 2.54. The zero-order valence-electron chi connectivity index (χ0n) is 13.6. The Labute approximate surface area is 156 Å². The Morgan fingerprint density at radius 1 is 1.24 bits per heavy atom. The fraction of sp³-hybridized carbons (Fsp3) is 0.562. The molecule has 0 bridgehead atoms. The average molecular weight is 400 g/mol. The number of carbonyl (C=O) groups is 1. The summed E-state index contributed by atoms with van der Waals surface area (Å²) in [5, 5.41) is 6.05. The van der Waals surface area contributed by atoms with E-state index >= 15 is 0 Å². The summed E-state index contributed by atoms with van der Waals surface area (Å²) in [5.41, 5.74) is 0.920. The number of amides is 1. The van der Waals surface area contributed by atoms with E-state index < -0.39 is 18.8 Å². The van der Waals surface area contributed by atoms with Crippen molar-refractivity contribution in [2.45, 2.75) is 25.1 Å². The van der Waals surface area contributed by atoms with Crippen LogP contribution in [0.3, 0.4) is 0 Å². The van der Waals surface area contributed by atoms with E-state index in [-0.39, 0.29) is 24.7 Å². The highest BCUT2D eigenvalue weighted by molar-refractivity contribution is 6.30. The molecule has 0 aliphatic carbocycles. The van der Waals surface area contributed by atoms with Crippen molar-refractivity contribution in [1.82, 2.24) is 15.5 Å². The summed E-state index contributed by atoms with van der Waals surface area (Å²) in [4.78, 5) is 13.2. The fourth-order valence-corrected chi connectivity index (χ4v) is 2.78. The van der Waals surface area contributed by atoms with Gasteiger partial charge in [0.05, 0.1) is 0 Å². The van der Waals surface area contributed by atoms with Crippen molar-refractivity contribution in [3.05, 3.63) is 34.9 Å². The number of rotatable bonds is 6. The first kappa shape index (κ1) is 22.0. The maximum Gasteiger partial charge on any atom is 0.405 e. The van der Waals surface area contributed by atoms with Gasteiger partial charge in [-0.1, -0.05) is 23.7 Å². The first-order chi connectivity index (χ1) is 11.4. The van der Waals surface area contributed by atoms with Crippen molar-refractivity contribution < 1.29 is 18.0 Å². The van der Waals surface area contributed by atoms with Gasteiger partial charge in [0.25, 0.3) is 0 Å². The van der Waals surface area contributed by atoms with Gasteiger partial charge in [-0.05, 0) is 24.1 Å². The van der Waals surface area contributed by atoms with Crippen LogP contribution in [0.15, 0.2) is 24.3 Å². The highest BCUT2D eigenvalue weighted by Crippen LogP contribution is 2.24. The van der Waals surface area contributed by atoms with Crippen LogP contribution in [0.5, 0.6) is 0 Å². The van der Waals surface area contributed by atoms with Gasteiger partial charge in [0.1, 0.15) is 6.04 Å². The Balaban J connectivity index is 0.00000312. The minimum Gasteiger partial charge on any atom is -0.354 e. The number of nitrogens with one attached hydrogen (secondary N) is 2. The molecule has 1 aromatic rings. The molecule has 0 aromatic heterocycles. The number of carbonyl (C=O) groups excluding carboxylic acids is 1. The van der Waals surface area contributed by atoms with E-state index in [1.165, 1.54) is 4.90 Å². The van der Waals surface area contributed by atoms with Gasteiger partial charge in [-0.2, -0.15) is 13.2 Å². The lowest BCUT2D eigenvalue weighted by Gasteiger charge is -2.35. The maximum absolute atomic E-state index is 13.2. The van der Waals surface area contributed by atoms with Gasteiger partial charge in [-0.25, -0.2) is 0 Å². The SMILES string of the molecule is Cl.O=C(CCc1ccc(Cl)cc1)NCC(N1CCNCC1)C(F)(F)F. The van der Waals surface area contributed by atoms with Gasteiger partial charge in [0, 0.05) is 44.2 Å². The molecule has 1 atom stereocenters. The predicted molar refractivity (Wildman–Crippen MR) is 94.3 cm³/mol. The smallest absolute Gasteiger partial charge is 0.354 e. The zero-order chi connectivity index (χ0) is 17.6. The Morgan fingerprint density at radius 3 is 2.40 bits per heavy atom. The summed E-state index contributed by atoms with van der Waals surface area (Å²) in [6.07, 6.45) is -3.75. The molecule has 4 nitrogen and oxygen atoms in total. The highest BCUT2D eigenvalue weighted by Gasteiger charge is 2.43. The molecule has 9 heteroatoms. The van der Waals surface area contributed by atoms with Crippen LogP contribution < -0.4 is 10.6 Å². The van der Waals surface area contributed by atoms with Crippen LogP contribution in [0.1, 0.15) is 12.0 Å². The molecule has 1 aliphatic rings. The topological polar surface area (TPSA) is 44.4 Å². The predicted octanol–water partition coefficient (Wildman–Crippen LogP) is 2.65. The fourth-order valence-electron chi connectivity index (χ4n) is 2.65. The Hall–Kier alpha value is -1.02. The molecule has 1 saturated heterocycles. The molecule has 1 aromatic carbocycles. The first-order valence-corrected chi connectivity index (χ1v) is 8.26. The number of hydrogen-bond donors (Lipinski definition) is 2. The van der Waals surface area contributed by atoms with Crippen molar-refractivity contribution in [3.8, 4) is 0 Å². The third-order valence-electron chi connectivity index (χ3n) is 4.02. The van der Waals surface area contributed by atoms with E-state index in [4.69, 9.17) is 11.6 Å². The van der Waals surface area contributed by atoms with E-state index in [0.29, 0.717) is 37.6 Å². The third-order valence-corrected chi connectivity index (χ3v) is 4.27. The van der Waals surface area contributed by atoms with Crippen LogP contribution in [-0.4, -0.2) is 55.7 Å². The van der Waals surface area contributed by atoms with Crippen molar-refractivity contribution in [3.63, 3.8) is 0 Å². The monoisotopic (exact) mass is 399 g/mol. The minimum absolute atomic E-state index is 0. The molecular formula is C16H22Cl2F3N3O. The van der Waals surface area contributed by atoms with E-state index in [1.807, 2.05) is 0 Å². The van der Waals surface area contributed by atoms with Gasteiger partial charge in [-0.15, -0.1) is 12.4 Å². The third kappa shape index (κ3) is 7.40. The summed E-state index contributed by atoms with van der Waals surface area (Å²) in [6.45, 7) is 1.28. The van der Waals surface area contributed by atoms with Gasteiger partial charge in [-0.3, -0.25) is 9.69 Å². The summed E-state index contributed by atoms with van der Waals surface area (Å²) in [5.74, 6) is -0.380. The standard InChI is InChI=1S/C16H21ClF3N3O.ClH/c17-13-4-1-12(2-5-13)3-6-15(24)22-11-14(16(18,19)20)23-9-7-21-8-10-23;/h1-2,4-5,14,21H,3,6-11H2,(H,22,24);1H. The molecule has 1 unspecified atom stereocenters. The molecule has 1 aliphatic heterocycles. The lowest BCUT2D eigenvalue weighted by molar-refractivity contribution is -0.184. The number of halogens is 5. The molecule has 1 amide bonds. The number of alkyl halides is 3. The van der Waals surface area contributed by atoms with Crippen LogP contribution in [0.4, 0.5) is 13.2 Å². The molecule has 0 radical (unpaired) electrons.